The first-order chi connectivity index (χ1) is 6.05. The molecule has 0 saturated carbocycles. The summed E-state index contributed by atoms with van der Waals surface area (Å²) in [5.41, 5.74) is 0. The molecule has 1 aliphatic heterocycles. The van der Waals surface area contributed by atoms with Crippen molar-refractivity contribution < 1.29 is 26.3 Å². The lowest BCUT2D eigenvalue weighted by molar-refractivity contribution is -0.149. The highest BCUT2D eigenvalue weighted by molar-refractivity contribution is 7.82. The van der Waals surface area contributed by atoms with Gasteiger partial charge in [0.15, 0.2) is 6.61 Å². The van der Waals surface area contributed by atoms with Gasteiger partial charge in [-0.1, -0.05) is 5.92 Å². The zero-order valence-corrected chi connectivity index (χ0v) is 7.24. The van der Waals surface area contributed by atoms with Crippen molar-refractivity contribution in [2.24, 2.45) is 0 Å². The molecular weight excluding hydrogens is 200 g/mol. The number of carbonyl (C=O) groups is 1. The molecule has 1 unspecified atom stereocenters. The maximum absolute atomic E-state index is 10.9. The SMILES string of the molecule is C#CCOC(=O)C1COS(=O)(=O)O1. The summed E-state index contributed by atoms with van der Waals surface area (Å²) >= 11 is 0. The van der Waals surface area contributed by atoms with Crippen molar-refractivity contribution in [1.82, 2.24) is 0 Å². The van der Waals surface area contributed by atoms with E-state index < -0.39 is 22.5 Å². The summed E-state index contributed by atoms with van der Waals surface area (Å²) in [6.45, 7) is -0.593. The number of hydrogen-bond acceptors (Lipinski definition) is 6. The van der Waals surface area contributed by atoms with Crippen LogP contribution in [0.15, 0.2) is 0 Å². The molecule has 0 aliphatic carbocycles. The molecule has 1 fully saturated rings. The maximum Gasteiger partial charge on any atom is 0.400 e. The van der Waals surface area contributed by atoms with Crippen LogP contribution in [0.2, 0.25) is 0 Å². The van der Waals surface area contributed by atoms with Gasteiger partial charge < -0.3 is 4.74 Å². The number of esters is 1. The minimum atomic E-state index is -4.02. The lowest BCUT2D eigenvalue weighted by Crippen LogP contribution is -2.25. The second kappa shape index (κ2) is 3.74. The Morgan fingerprint density at radius 2 is 2.38 bits per heavy atom. The Balaban J connectivity index is 2.48. The van der Waals surface area contributed by atoms with E-state index in [1.165, 1.54) is 0 Å². The summed E-state index contributed by atoms with van der Waals surface area (Å²) < 4.78 is 33.8. The van der Waals surface area contributed by atoms with Crippen molar-refractivity contribution in [3.63, 3.8) is 0 Å². The first-order valence-corrected chi connectivity index (χ1v) is 4.56. The third-order valence-electron chi connectivity index (χ3n) is 1.16. The van der Waals surface area contributed by atoms with Crippen LogP contribution in [0.1, 0.15) is 0 Å². The largest absolute Gasteiger partial charge is 0.450 e. The Bertz CT molecular complexity index is 337. The normalized spacial score (nSPS) is 25.0. The minimum absolute atomic E-state index is 0.223. The third-order valence-corrected chi connectivity index (χ3v) is 2.05. The van der Waals surface area contributed by atoms with Gasteiger partial charge in [-0.25, -0.2) is 13.2 Å². The number of terminal acetylenes is 1. The van der Waals surface area contributed by atoms with Crippen LogP contribution in [0.4, 0.5) is 0 Å². The molecule has 0 amide bonds. The Morgan fingerprint density at radius 1 is 1.69 bits per heavy atom. The van der Waals surface area contributed by atoms with E-state index in [1.807, 2.05) is 0 Å². The number of rotatable bonds is 2. The van der Waals surface area contributed by atoms with E-state index in [2.05, 4.69) is 19.0 Å². The Hall–Kier alpha value is -1.10. The number of carbonyl (C=O) groups excluding carboxylic acids is 1. The van der Waals surface area contributed by atoms with Crippen molar-refractivity contribution in [2.45, 2.75) is 6.10 Å². The van der Waals surface area contributed by atoms with Crippen LogP contribution in [0, 0.1) is 12.3 Å². The highest BCUT2D eigenvalue weighted by Crippen LogP contribution is 2.13. The van der Waals surface area contributed by atoms with E-state index in [4.69, 9.17) is 6.42 Å². The van der Waals surface area contributed by atoms with Crippen molar-refractivity contribution in [1.29, 1.82) is 0 Å². The van der Waals surface area contributed by atoms with E-state index in [1.54, 1.807) is 0 Å². The molecule has 1 rings (SSSR count). The monoisotopic (exact) mass is 206 g/mol. The van der Waals surface area contributed by atoms with Crippen LogP contribution in [0.5, 0.6) is 0 Å². The molecule has 1 aliphatic rings. The molecule has 13 heavy (non-hydrogen) atoms. The van der Waals surface area contributed by atoms with E-state index >= 15 is 0 Å². The molecule has 0 radical (unpaired) electrons. The van der Waals surface area contributed by atoms with Gasteiger partial charge in [0.05, 0.1) is 0 Å². The van der Waals surface area contributed by atoms with Gasteiger partial charge in [-0.05, 0) is 0 Å². The van der Waals surface area contributed by atoms with Crippen LogP contribution >= 0.6 is 0 Å². The quantitative estimate of drug-likeness (QED) is 0.418. The molecule has 0 bridgehead atoms. The van der Waals surface area contributed by atoms with Crippen LogP contribution in [0.3, 0.4) is 0 Å². The summed E-state index contributed by atoms with van der Waals surface area (Å²) in [5, 5.41) is 0. The predicted octanol–water partition coefficient (Wildman–Crippen LogP) is -1.18. The van der Waals surface area contributed by atoms with E-state index in [0.717, 1.165) is 0 Å². The molecule has 1 atom stereocenters. The first-order valence-electron chi connectivity index (χ1n) is 3.23. The van der Waals surface area contributed by atoms with Gasteiger partial charge in [-0.2, -0.15) is 8.42 Å². The van der Waals surface area contributed by atoms with Crippen molar-refractivity contribution in [2.75, 3.05) is 13.2 Å². The predicted molar refractivity (Wildman–Crippen MR) is 39.5 cm³/mol. The molecule has 0 spiro atoms. The zero-order chi connectivity index (χ0) is 9.90. The summed E-state index contributed by atoms with van der Waals surface area (Å²) in [6.07, 6.45) is 3.57. The number of ether oxygens (including phenoxy) is 1. The molecule has 72 valence electrons. The van der Waals surface area contributed by atoms with Gasteiger partial charge in [0.1, 0.15) is 6.61 Å². The molecule has 1 saturated heterocycles. The van der Waals surface area contributed by atoms with Crippen molar-refractivity contribution >= 4 is 16.4 Å². The summed E-state index contributed by atoms with van der Waals surface area (Å²) in [6, 6.07) is 0. The smallest absolute Gasteiger partial charge is 0.400 e. The molecular formula is C6H6O6S. The van der Waals surface area contributed by atoms with Gasteiger partial charge in [0.2, 0.25) is 6.10 Å². The van der Waals surface area contributed by atoms with E-state index in [9.17, 15) is 13.2 Å². The molecule has 7 heteroatoms. The minimum Gasteiger partial charge on any atom is -0.450 e. The Morgan fingerprint density at radius 3 is 2.85 bits per heavy atom. The van der Waals surface area contributed by atoms with Crippen LogP contribution < -0.4 is 0 Å². The highest BCUT2D eigenvalue weighted by Gasteiger charge is 2.36. The summed E-state index contributed by atoms with van der Waals surface area (Å²) in [7, 11) is -4.02. The lowest BCUT2D eigenvalue weighted by atomic mass is 10.4. The molecule has 1 heterocycles. The van der Waals surface area contributed by atoms with Crippen LogP contribution in [0.25, 0.3) is 0 Å². The van der Waals surface area contributed by atoms with Gasteiger partial charge in [-0.15, -0.1) is 6.42 Å². The third kappa shape index (κ3) is 2.69. The van der Waals surface area contributed by atoms with Gasteiger partial charge in [0.25, 0.3) is 0 Å². The highest BCUT2D eigenvalue weighted by atomic mass is 32.3. The topological polar surface area (TPSA) is 78.9 Å². The zero-order valence-electron chi connectivity index (χ0n) is 6.43. The molecule has 6 nitrogen and oxygen atoms in total. The lowest BCUT2D eigenvalue weighted by Gasteiger charge is -2.02. The molecule has 0 aromatic heterocycles. The first kappa shape index (κ1) is 9.98. The summed E-state index contributed by atoms with van der Waals surface area (Å²) in [4.78, 5) is 10.9. The fraction of sp³-hybridized carbons (Fsp3) is 0.500. The molecule has 0 N–H and O–H groups in total. The molecule has 0 aromatic carbocycles. The average Bonchev–Trinajstić information content (AvgIpc) is 2.42. The second-order valence-electron chi connectivity index (χ2n) is 2.09. The van der Waals surface area contributed by atoms with Crippen LogP contribution in [-0.4, -0.2) is 33.7 Å². The van der Waals surface area contributed by atoms with Gasteiger partial charge in [0, 0.05) is 0 Å². The summed E-state index contributed by atoms with van der Waals surface area (Å²) in [5.74, 6) is 1.21. The molecule has 0 aromatic rings. The van der Waals surface area contributed by atoms with Gasteiger partial charge in [-0.3, -0.25) is 0 Å². The Kier molecular flexibility index (Phi) is 2.87. The number of hydrogen-bond donors (Lipinski definition) is 0. The van der Waals surface area contributed by atoms with Crippen LogP contribution in [-0.2, 0) is 28.3 Å². The van der Waals surface area contributed by atoms with E-state index in [-0.39, 0.29) is 13.2 Å². The Labute approximate surface area is 75.1 Å². The maximum atomic E-state index is 10.9. The average molecular weight is 206 g/mol. The fourth-order valence-corrected chi connectivity index (χ4v) is 1.42. The van der Waals surface area contributed by atoms with Crippen molar-refractivity contribution in [3.05, 3.63) is 0 Å². The second-order valence-corrected chi connectivity index (χ2v) is 3.33. The van der Waals surface area contributed by atoms with Crippen molar-refractivity contribution in [3.8, 4) is 12.3 Å². The van der Waals surface area contributed by atoms with Gasteiger partial charge >= 0.3 is 16.4 Å². The van der Waals surface area contributed by atoms with E-state index in [0.29, 0.717) is 0 Å². The fourth-order valence-electron chi connectivity index (χ4n) is 0.656. The standard InChI is InChI=1S/C6H6O6S/c1-2-3-10-6(7)5-4-11-13(8,9)12-5/h1,5H,3-4H2.